The Kier molecular flexibility index (Phi) is 4.13. The van der Waals surface area contributed by atoms with Crippen molar-refractivity contribution < 1.29 is 0 Å². The second kappa shape index (κ2) is 6.80. The molecule has 6 nitrogen and oxygen atoms in total. The van der Waals surface area contributed by atoms with Crippen molar-refractivity contribution in [2.75, 3.05) is 38.1 Å². The molecule has 6 heteroatoms. The number of anilines is 1. The molecule has 0 aliphatic carbocycles. The molecule has 0 saturated carbocycles. The molecule has 1 aromatic carbocycles. The minimum absolute atomic E-state index is 0.900. The van der Waals surface area contributed by atoms with E-state index in [2.05, 4.69) is 62.2 Å². The molecular weight excluding hydrogens is 348 g/mol. The number of aromatic nitrogens is 4. The average Bonchev–Trinajstić information content (AvgIpc) is 3.34. The summed E-state index contributed by atoms with van der Waals surface area (Å²) >= 11 is 0. The van der Waals surface area contributed by atoms with E-state index in [4.69, 9.17) is 0 Å². The lowest BCUT2D eigenvalue weighted by Crippen LogP contribution is -2.44. The Morgan fingerprint density at radius 3 is 2.39 bits per heavy atom. The molecule has 142 valence electrons. The van der Waals surface area contributed by atoms with E-state index >= 15 is 0 Å². The maximum Gasteiger partial charge on any atom is 0.137 e. The van der Waals surface area contributed by atoms with Crippen LogP contribution in [0.4, 0.5) is 5.69 Å². The normalized spacial score (nSPS) is 15.4. The number of nitrogens with zero attached hydrogens (tertiary/aromatic N) is 5. The summed E-state index contributed by atoms with van der Waals surface area (Å²) in [4.78, 5) is 12.7. The number of pyridine rings is 1. The monoisotopic (exact) mass is 372 g/mol. The highest BCUT2D eigenvalue weighted by Crippen LogP contribution is 2.31. The Labute approximate surface area is 164 Å². The number of hydrogen-bond acceptors (Lipinski definition) is 4. The number of H-pyrrole nitrogens is 1. The van der Waals surface area contributed by atoms with Gasteiger partial charge in [-0.25, -0.2) is 4.98 Å². The van der Waals surface area contributed by atoms with Gasteiger partial charge in [0, 0.05) is 79.6 Å². The Balaban J connectivity index is 1.46. The van der Waals surface area contributed by atoms with E-state index < -0.39 is 0 Å². The SMILES string of the molecule is CN1CCN(c2ccc(-c3cnc4[nH]cc(-c5cnn(C)c5)c4c3)cc2)CC1. The Morgan fingerprint density at radius 2 is 1.68 bits per heavy atom. The number of benzene rings is 1. The van der Waals surface area contributed by atoms with Gasteiger partial charge in [0.25, 0.3) is 0 Å². The third-order valence-corrected chi connectivity index (χ3v) is 5.62. The molecule has 1 N–H and O–H groups in total. The Hall–Kier alpha value is -3.12. The summed E-state index contributed by atoms with van der Waals surface area (Å²) in [7, 11) is 4.12. The van der Waals surface area contributed by atoms with Crippen molar-refractivity contribution in [1.82, 2.24) is 24.6 Å². The highest BCUT2D eigenvalue weighted by molar-refractivity contribution is 5.95. The van der Waals surface area contributed by atoms with Crippen LogP contribution in [-0.2, 0) is 7.05 Å². The maximum absolute atomic E-state index is 4.63. The summed E-state index contributed by atoms with van der Waals surface area (Å²) in [6.45, 7) is 4.41. The fourth-order valence-corrected chi connectivity index (χ4v) is 3.89. The van der Waals surface area contributed by atoms with E-state index in [1.54, 1.807) is 0 Å². The number of likely N-dealkylation sites (N-methyl/N-ethyl adjacent to an activating group) is 1. The predicted molar refractivity (Wildman–Crippen MR) is 113 cm³/mol. The molecule has 1 aliphatic heterocycles. The molecule has 0 bridgehead atoms. The van der Waals surface area contributed by atoms with Gasteiger partial charge in [0.05, 0.1) is 6.20 Å². The van der Waals surface area contributed by atoms with Crippen molar-refractivity contribution >= 4 is 16.7 Å². The first-order chi connectivity index (χ1) is 13.7. The van der Waals surface area contributed by atoms with Crippen molar-refractivity contribution in [2.24, 2.45) is 7.05 Å². The molecule has 0 unspecified atom stereocenters. The van der Waals surface area contributed by atoms with Gasteiger partial charge in [0.15, 0.2) is 0 Å². The standard InChI is InChI=1S/C22H24N6/c1-26-7-9-28(10-8-26)19-5-3-16(4-6-19)17-11-20-21(14-24-22(20)23-12-17)18-13-25-27(2)15-18/h3-6,11-15H,7-10H2,1-2H3,(H,23,24). The molecule has 1 saturated heterocycles. The first-order valence-corrected chi connectivity index (χ1v) is 9.67. The Bertz CT molecular complexity index is 1100. The summed E-state index contributed by atoms with van der Waals surface area (Å²) in [6, 6.07) is 11.1. The van der Waals surface area contributed by atoms with Gasteiger partial charge in [-0.1, -0.05) is 12.1 Å². The van der Waals surface area contributed by atoms with Gasteiger partial charge in [0.1, 0.15) is 5.65 Å². The minimum atomic E-state index is 0.900. The lowest BCUT2D eigenvalue weighted by Gasteiger charge is -2.34. The third-order valence-electron chi connectivity index (χ3n) is 5.62. The van der Waals surface area contributed by atoms with Gasteiger partial charge in [0.2, 0.25) is 0 Å². The zero-order valence-corrected chi connectivity index (χ0v) is 16.3. The summed E-state index contributed by atoms with van der Waals surface area (Å²) in [5.74, 6) is 0. The molecule has 0 atom stereocenters. The predicted octanol–water partition coefficient (Wildman–Crippen LogP) is 3.38. The first-order valence-electron chi connectivity index (χ1n) is 9.67. The van der Waals surface area contributed by atoms with E-state index in [1.165, 1.54) is 11.3 Å². The summed E-state index contributed by atoms with van der Waals surface area (Å²) < 4.78 is 1.82. The third kappa shape index (κ3) is 3.05. The average molecular weight is 372 g/mol. The van der Waals surface area contributed by atoms with Crippen LogP contribution in [0.1, 0.15) is 0 Å². The molecule has 3 aromatic heterocycles. The van der Waals surface area contributed by atoms with Crippen molar-refractivity contribution in [3.63, 3.8) is 0 Å². The number of nitrogens with one attached hydrogen (secondary N) is 1. The summed E-state index contributed by atoms with van der Waals surface area (Å²) in [6.07, 6.45) is 7.87. The van der Waals surface area contributed by atoms with Crippen LogP contribution in [0.25, 0.3) is 33.3 Å². The number of hydrogen-bond donors (Lipinski definition) is 1. The second-order valence-corrected chi connectivity index (χ2v) is 7.56. The number of piperazine rings is 1. The van der Waals surface area contributed by atoms with Gasteiger partial charge >= 0.3 is 0 Å². The topological polar surface area (TPSA) is 53.0 Å². The molecular formula is C22H24N6. The zero-order chi connectivity index (χ0) is 19.1. The van der Waals surface area contributed by atoms with Crippen molar-refractivity contribution in [3.8, 4) is 22.3 Å². The van der Waals surface area contributed by atoms with E-state index in [1.807, 2.05) is 36.5 Å². The molecule has 0 radical (unpaired) electrons. The van der Waals surface area contributed by atoms with Crippen LogP contribution in [0, 0.1) is 0 Å². The van der Waals surface area contributed by atoms with Gasteiger partial charge < -0.3 is 14.8 Å². The molecule has 28 heavy (non-hydrogen) atoms. The van der Waals surface area contributed by atoms with Crippen LogP contribution in [-0.4, -0.2) is 57.9 Å². The molecule has 5 rings (SSSR count). The van der Waals surface area contributed by atoms with Crippen LogP contribution < -0.4 is 4.90 Å². The second-order valence-electron chi connectivity index (χ2n) is 7.56. The van der Waals surface area contributed by atoms with Crippen LogP contribution in [0.3, 0.4) is 0 Å². The van der Waals surface area contributed by atoms with Crippen molar-refractivity contribution in [3.05, 3.63) is 55.1 Å². The Morgan fingerprint density at radius 1 is 0.893 bits per heavy atom. The van der Waals surface area contributed by atoms with E-state index in [0.717, 1.165) is 53.9 Å². The lowest BCUT2D eigenvalue weighted by atomic mass is 10.0. The number of aryl methyl sites for hydroxylation is 1. The first kappa shape index (κ1) is 17.0. The van der Waals surface area contributed by atoms with Crippen LogP contribution in [0.15, 0.2) is 55.1 Å². The van der Waals surface area contributed by atoms with Crippen molar-refractivity contribution in [1.29, 1.82) is 0 Å². The molecule has 1 fully saturated rings. The molecule has 0 amide bonds. The summed E-state index contributed by atoms with van der Waals surface area (Å²) in [5, 5.41) is 5.41. The fraction of sp³-hybridized carbons (Fsp3) is 0.273. The van der Waals surface area contributed by atoms with E-state index in [9.17, 15) is 0 Å². The van der Waals surface area contributed by atoms with Crippen LogP contribution in [0.2, 0.25) is 0 Å². The highest BCUT2D eigenvalue weighted by Gasteiger charge is 2.15. The van der Waals surface area contributed by atoms with E-state index in [-0.39, 0.29) is 0 Å². The van der Waals surface area contributed by atoms with E-state index in [0.29, 0.717) is 0 Å². The zero-order valence-electron chi connectivity index (χ0n) is 16.3. The van der Waals surface area contributed by atoms with Gasteiger partial charge in [-0.05, 0) is 30.8 Å². The highest BCUT2D eigenvalue weighted by atomic mass is 15.2. The fourth-order valence-electron chi connectivity index (χ4n) is 3.89. The van der Waals surface area contributed by atoms with Crippen LogP contribution >= 0.6 is 0 Å². The van der Waals surface area contributed by atoms with Gasteiger partial charge in [-0.2, -0.15) is 5.10 Å². The summed E-state index contributed by atoms with van der Waals surface area (Å²) in [5.41, 5.74) is 6.73. The lowest BCUT2D eigenvalue weighted by molar-refractivity contribution is 0.313. The molecule has 1 aliphatic rings. The van der Waals surface area contributed by atoms with Gasteiger partial charge in [-0.3, -0.25) is 4.68 Å². The smallest absolute Gasteiger partial charge is 0.137 e. The molecule has 4 heterocycles. The number of aromatic amines is 1. The number of rotatable bonds is 3. The van der Waals surface area contributed by atoms with Gasteiger partial charge in [-0.15, -0.1) is 0 Å². The maximum atomic E-state index is 4.63. The quantitative estimate of drug-likeness (QED) is 0.599. The molecule has 4 aromatic rings. The number of fused-ring (bicyclic) bond motifs is 1. The molecule has 0 spiro atoms. The van der Waals surface area contributed by atoms with Crippen LogP contribution in [0.5, 0.6) is 0 Å². The minimum Gasteiger partial charge on any atom is -0.369 e. The largest absolute Gasteiger partial charge is 0.369 e. The van der Waals surface area contributed by atoms with Crippen molar-refractivity contribution in [2.45, 2.75) is 0 Å².